The van der Waals surface area contributed by atoms with Crippen LogP contribution in [-0.4, -0.2) is 39.3 Å². The molecule has 0 aliphatic heterocycles. The number of ether oxygens (including phenoxy) is 2. The minimum atomic E-state index is -0.494. The molecule has 0 saturated heterocycles. The number of nitrogens with zero attached hydrogens (tertiary/aromatic N) is 4. The second-order valence-corrected chi connectivity index (χ2v) is 6.98. The molecule has 0 fully saturated rings. The molecule has 1 N–H and O–H groups in total. The number of carbonyl (C=O) groups is 1. The van der Waals surface area contributed by atoms with Crippen molar-refractivity contribution in [3.05, 3.63) is 57.7 Å². The Hall–Kier alpha value is -3.59. The molecule has 4 rings (SSSR count). The zero-order valence-electron chi connectivity index (χ0n) is 16.5. The summed E-state index contributed by atoms with van der Waals surface area (Å²) >= 11 is 5.97. The number of hydrogen-bond acceptors (Lipinski definition) is 6. The van der Waals surface area contributed by atoms with E-state index in [2.05, 4.69) is 15.4 Å². The quantitative estimate of drug-likeness (QED) is 0.525. The van der Waals surface area contributed by atoms with Crippen molar-refractivity contribution < 1.29 is 14.3 Å². The van der Waals surface area contributed by atoms with Crippen LogP contribution in [0.4, 0.5) is 5.69 Å². The van der Waals surface area contributed by atoms with Gasteiger partial charge in [0.25, 0.3) is 0 Å². The van der Waals surface area contributed by atoms with Gasteiger partial charge in [0.1, 0.15) is 12.4 Å². The summed E-state index contributed by atoms with van der Waals surface area (Å²) in [6, 6.07) is 10.1. The molecule has 4 aromatic rings. The van der Waals surface area contributed by atoms with E-state index in [-0.39, 0.29) is 6.54 Å². The van der Waals surface area contributed by atoms with Crippen LogP contribution in [0, 0.1) is 6.92 Å². The largest absolute Gasteiger partial charge is 0.493 e. The van der Waals surface area contributed by atoms with Crippen LogP contribution in [0.5, 0.6) is 11.5 Å². The zero-order valence-corrected chi connectivity index (χ0v) is 17.2. The van der Waals surface area contributed by atoms with Gasteiger partial charge in [-0.1, -0.05) is 17.7 Å². The van der Waals surface area contributed by atoms with E-state index in [9.17, 15) is 9.59 Å². The molecule has 2 aromatic carbocycles. The fourth-order valence-electron chi connectivity index (χ4n) is 3.27. The van der Waals surface area contributed by atoms with Gasteiger partial charge < -0.3 is 14.8 Å². The molecule has 2 heterocycles. The highest BCUT2D eigenvalue weighted by Crippen LogP contribution is 2.33. The van der Waals surface area contributed by atoms with Crippen molar-refractivity contribution in [1.29, 1.82) is 0 Å². The molecule has 0 saturated carbocycles. The highest BCUT2D eigenvalue weighted by atomic mass is 35.5. The van der Waals surface area contributed by atoms with Gasteiger partial charge in [0.15, 0.2) is 17.1 Å². The number of nitrogens with one attached hydrogen (secondary N) is 1. The second kappa shape index (κ2) is 7.68. The van der Waals surface area contributed by atoms with E-state index in [1.807, 2.05) is 0 Å². The normalized spacial score (nSPS) is 11.1. The Kier molecular flexibility index (Phi) is 5.04. The van der Waals surface area contributed by atoms with Crippen LogP contribution < -0.4 is 20.5 Å². The minimum absolute atomic E-state index is 0.244. The SMILES string of the molecule is COc1cc2c(cc1OC)n(CC(=O)Nc1cccc(Cl)c1)c(=O)n1nc(C)nc21. The highest BCUT2D eigenvalue weighted by Gasteiger charge is 2.19. The summed E-state index contributed by atoms with van der Waals surface area (Å²) in [6.45, 7) is 1.45. The predicted molar refractivity (Wildman–Crippen MR) is 113 cm³/mol. The number of amides is 1. The van der Waals surface area contributed by atoms with Crippen molar-refractivity contribution in [2.75, 3.05) is 19.5 Å². The number of methoxy groups -OCH3 is 2. The van der Waals surface area contributed by atoms with Crippen LogP contribution in [0.3, 0.4) is 0 Å². The molecular weight excluding hydrogens is 410 g/mol. The van der Waals surface area contributed by atoms with Gasteiger partial charge >= 0.3 is 5.69 Å². The maximum atomic E-state index is 13.1. The average Bonchev–Trinajstić information content (AvgIpc) is 3.12. The first-order chi connectivity index (χ1) is 14.4. The molecule has 0 aliphatic rings. The van der Waals surface area contributed by atoms with E-state index in [4.69, 9.17) is 21.1 Å². The Bertz CT molecular complexity index is 1340. The molecule has 0 atom stereocenters. The van der Waals surface area contributed by atoms with Gasteiger partial charge in [-0.05, 0) is 31.2 Å². The summed E-state index contributed by atoms with van der Waals surface area (Å²) in [5, 5.41) is 8.01. The number of aromatic nitrogens is 4. The molecule has 0 radical (unpaired) electrons. The van der Waals surface area contributed by atoms with Gasteiger partial charge in [0.05, 0.1) is 19.7 Å². The van der Waals surface area contributed by atoms with E-state index in [1.54, 1.807) is 43.3 Å². The van der Waals surface area contributed by atoms with E-state index < -0.39 is 11.6 Å². The van der Waals surface area contributed by atoms with Crippen LogP contribution in [0.2, 0.25) is 5.02 Å². The molecule has 154 valence electrons. The lowest BCUT2D eigenvalue weighted by Gasteiger charge is -2.14. The third-order valence-electron chi connectivity index (χ3n) is 4.57. The van der Waals surface area contributed by atoms with E-state index in [0.717, 1.165) is 0 Å². The summed E-state index contributed by atoms with van der Waals surface area (Å²) in [5.74, 6) is 0.936. The van der Waals surface area contributed by atoms with E-state index in [1.165, 1.54) is 23.3 Å². The van der Waals surface area contributed by atoms with Crippen LogP contribution in [0.15, 0.2) is 41.2 Å². The summed E-state index contributed by atoms with van der Waals surface area (Å²) in [4.78, 5) is 30.2. The lowest BCUT2D eigenvalue weighted by Crippen LogP contribution is -2.32. The van der Waals surface area contributed by atoms with Gasteiger partial charge in [-0.3, -0.25) is 9.36 Å². The second-order valence-electron chi connectivity index (χ2n) is 6.55. The number of halogens is 1. The molecule has 0 spiro atoms. The molecule has 0 bridgehead atoms. The summed E-state index contributed by atoms with van der Waals surface area (Å²) < 4.78 is 13.2. The predicted octanol–water partition coefficient (Wildman–Crippen LogP) is 2.66. The lowest BCUT2D eigenvalue weighted by atomic mass is 10.2. The third-order valence-corrected chi connectivity index (χ3v) is 4.80. The monoisotopic (exact) mass is 427 g/mol. The van der Waals surface area contributed by atoms with Gasteiger partial charge in [-0.15, -0.1) is 5.10 Å². The number of carbonyl (C=O) groups excluding carboxylic acids is 1. The smallest absolute Gasteiger partial charge is 0.351 e. The number of rotatable bonds is 5. The number of hydrogen-bond donors (Lipinski definition) is 1. The van der Waals surface area contributed by atoms with Crippen molar-refractivity contribution in [2.45, 2.75) is 13.5 Å². The number of benzene rings is 2. The number of fused-ring (bicyclic) bond motifs is 3. The van der Waals surface area contributed by atoms with Crippen molar-refractivity contribution >= 4 is 39.7 Å². The molecule has 30 heavy (non-hydrogen) atoms. The number of anilines is 1. The molecule has 2 aromatic heterocycles. The van der Waals surface area contributed by atoms with E-state index in [0.29, 0.717) is 44.6 Å². The van der Waals surface area contributed by atoms with Gasteiger partial charge in [0.2, 0.25) is 5.91 Å². The van der Waals surface area contributed by atoms with Gasteiger partial charge in [0, 0.05) is 22.2 Å². The zero-order chi connectivity index (χ0) is 21.4. The maximum Gasteiger partial charge on any atom is 0.351 e. The Labute approximate surface area is 175 Å². The lowest BCUT2D eigenvalue weighted by molar-refractivity contribution is -0.116. The number of aryl methyl sites for hydroxylation is 1. The third kappa shape index (κ3) is 3.43. The summed E-state index contributed by atoms with van der Waals surface area (Å²) in [5.41, 5.74) is 0.882. The summed E-state index contributed by atoms with van der Waals surface area (Å²) in [6.07, 6.45) is 0. The van der Waals surface area contributed by atoms with Crippen molar-refractivity contribution in [3.63, 3.8) is 0 Å². The molecule has 10 heteroatoms. The first kappa shape index (κ1) is 19.7. The first-order valence-corrected chi connectivity index (χ1v) is 9.36. The van der Waals surface area contributed by atoms with Gasteiger partial charge in [-0.25, -0.2) is 9.78 Å². The van der Waals surface area contributed by atoms with Crippen LogP contribution in [0.1, 0.15) is 5.82 Å². The fraction of sp³-hybridized carbons (Fsp3) is 0.200. The van der Waals surface area contributed by atoms with Crippen molar-refractivity contribution in [2.24, 2.45) is 0 Å². The maximum absolute atomic E-state index is 13.1. The molecule has 9 nitrogen and oxygen atoms in total. The summed E-state index contributed by atoms with van der Waals surface area (Å²) in [7, 11) is 3.02. The molecule has 0 unspecified atom stereocenters. The van der Waals surface area contributed by atoms with Crippen LogP contribution >= 0.6 is 11.6 Å². The van der Waals surface area contributed by atoms with Crippen LogP contribution in [0.25, 0.3) is 16.6 Å². The van der Waals surface area contributed by atoms with E-state index >= 15 is 0 Å². The van der Waals surface area contributed by atoms with Crippen LogP contribution in [-0.2, 0) is 11.3 Å². The fourth-order valence-corrected chi connectivity index (χ4v) is 3.46. The van der Waals surface area contributed by atoms with Gasteiger partial charge in [-0.2, -0.15) is 4.52 Å². The molecule has 1 amide bonds. The Morgan fingerprint density at radius 1 is 1.17 bits per heavy atom. The standard InChI is InChI=1S/C20H18ClN5O4/c1-11-22-19-14-8-16(29-2)17(30-3)9-15(14)25(20(28)26(19)24-11)10-18(27)23-13-6-4-5-12(21)7-13/h4-9H,10H2,1-3H3,(H,23,27). The molecule has 0 aliphatic carbocycles. The Balaban J connectivity index is 1.87. The Morgan fingerprint density at radius 3 is 2.60 bits per heavy atom. The van der Waals surface area contributed by atoms with Crippen molar-refractivity contribution in [1.82, 2.24) is 19.2 Å². The molecular formula is C20H18ClN5O4. The first-order valence-electron chi connectivity index (χ1n) is 8.98. The topological polar surface area (TPSA) is 99.8 Å². The Morgan fingerprint density at radius 2 is 1.90 bits per heavy atom. The minimum Gasteiger partial charge on any atom is -0.493 e. The average molecular weight is 428 g/mol. The van der Waals surface area contributed by atoms with Crippen molar-refractivity contribution in [3.8, 4) is 11.5 Å². The highest BCUT2D eigenvalue weighted by molar-refractivity contribution is 6.30.